The van der Waals surface area contributed by atoms with Crippen molar-refractivity contribution in [1.29, 1.82) is 0 Å². The van der Waals surface area contributed by atoms with E-state index in [1.54, 1.807) is 0 Å². The van der Waals surface area contributed by atoms with Crippen molar-refractivity contribution in [1.82, 2.24) is 4.98 Å². The van der Waals surface area contributed by atoms with E-state index in [0.29, 0.717) is 5.15 Å². The zero-order chi connectivity index (χ0) is 11.3. The Kier molecular flexibility index (Phi) is 2.32. The van der Waals surface area contributed by atoms with Gasteiger partial charge in [-0.3, -0.25) is 0 Å². The summed E-state index contributed by atoms with van der Waals surface area (Å²) in [6.45, 7) is 6.24. The average molecular weight is 225 g/mol. The van der Waals surface area contributed by atoms with Gasteiger partial charge in [0.1, 0.15) is 5.15 Å². The van der Waals surface area contributed by atoms with Crippen LogP contribution in [-0.4, -0.2) is 10.5 Å². The molecule has 2 N–H and O–H groups in total. The molecule has 0 amide bonds. The van der Waals surface area contributed by atoms with Crippen molar-refractivity contribution in [3.8, 4) is 0 Å². The highest BCUT2D eigenvalue weighted by atomic mass is 35.5. The van der Waals surface area contributed by atoms with Crippen molar-refractivity contribution in [3.63, 3.8) is 0 Å². The summed E-state index contributed by atoms with van der Waals surface area (Å²) in [5, 5.41) is 0.594. The molecular formula is C12H17ClN2. The second kappa shape index (κ2) is 3.19. The molecule has 0 saturated heterocycles. The predicted octanol–water partition coefficient (Wildman–Crippen LogP) is 2.81. The molecule has 0 aromatic carbocycles. The predicted molar refractivity (Wildman–Crippen MR) is 63.2 cm³/mol. The Morgan fingerprint density at radius 3 is 2.47 bits per heavy atom. The minimum Gasteiger partial charge on any atom is -0.324 e. The van der Waals surface area contributed by atoms with Gasteiger partial charge in [-0.05, 0) is 31.4 Å². The standard InChI is InChI=1S/C12H17ClN2/c1-8-4-5-9(10(13)15-8)11(2,3)12(14)6-7-12/h4-5H,6-7,14H2,1-3H3. The van der Waals surface area contributed by atoms with Crippen molar-refractivity contribution in [3.05, 3.63) is 28.5 Å². The summed E-state index contributed by atoms with van der Waals surface area (Å²) in [6, 6.07) is 4.05. The molecule has 1 aromatic heterocycles. The van der Waals surface area contributed by atoms with Crippen LogP contribution < -0.4 is 5.73 Å². The van der Waals surface area contributed by atoms with Crippen LogP contribution in [0.5, 0.6) is 0 Å². The van der Waals surface area contributed by atoms with Crippen LogP contribution in [0.2, 0.25) is 5.15 Å². The van der Waals surface area contributed by atoms with Crippen LogP contribution in [0.15, 0.2) is 12.1 Å². The van der Waals surface area contributed by atoms with E-state index in [1.165, 1.54) is 0 Å². The first-order valence-corrected chi connectivity index (χ1v) is 5.67. The fourth-order valence-corrected chi connectivity index (χ4v) is 2.45. The summed E-state index contributed by atoms with van der Waals surface area (Å²) in [5.41, 5.74) is 8.11. The molecule has 1 aliphatic rings. The molecule has 0 bridgehead atoms. The molecule has 0 atom stereocenters. The van der Waals surface area contributed by atoms with Crippen LogP contribution in [0.3, 0.4) is 0 Å². The molecule has 1 aliphatic carbocycles. The molecule has 2 nitrogen and oxygen atoms in total. The average Bonchev–Trinajstić information content (AvgIpc) is 2.84. The molecule has 0 unspecified atom stereocenters. The molecule has 0 spiro atoms. The number of aromatic nitrogens is 1. The van der Waals surface area contributed by atoms with E-state index in [4.69, 9.17) is 17.3 Å². The fraction of sp³-hybridized carbons (Fsp3) is 0.583. The van der Waals surface area contributed by atoms with E-state index in [1.807, 2.05) is 13.0 Å². The highest BCUT2D eigenvalue weighted by Crippen LogP contribution is 2.50. The van der Waals surface area contributed by atoms with E-state index < -0.39 is 0 Å². The maximum atomic E-state index is 6.28. The summed E-state index contributed by atoms with van der Waals surface area (Å²) in [4.78, 5) is 4.29. The van der Waals surface area contributed by atoms with Crippen molar-refractivity contribution in [2.45, 2.75) is 44.6 Å². The topological polar surface area (TPSA) is 38.9 Å². The van der Waals surface area contributed by atoms with Crippen LogP contribution in [0.4, 0.5) is 0 Å². The van der Waals surface area contributed by atoms with E-state index in [2.05, 4.69) is 24.9 Å². The van der Waals surface area contributed by atoms with Crippen LogP contribution in [0.1, 0.15) is 37.9 Å². The Bertz CT molecular complexity index is 395. The molecule has 1 fully saturated rings. The lowest BCUT2D eigenvalue weighted by Crippen LogP contribution is -2.43. The highest BCUT2D eigenvalue weighted by Gasteiger charge is 2.52. The molecule has 82 valence electrons. The van der Waals surface area contributed by atoms with Crippen molar-refractivity contribution < 1.29 is 0 Å². The third-order valence-corrected chi connectivity index (χ3v) is 3.98. The molecule has 1 aromatic rings. The smallest absolute Gasteiger partial charge is 0.133 e. The molecule has 0 radical (unpaired) electrons. The number of hydrogen-bond acceptors (Lipinski definition) is 2. The lowest BCUT2D eigenvalue weighted by Gasteiger charge is -2.32. The van der Waals surface area contributed by atoms with Gasteiger partial charge in [0, 0.05) is 16.6 Å². The molecule has 3 heteroatoms. The normalized spacial score (nSPS) is 19.0. The molecule has 15 heavy (non-hydrogen) atoms. The number of hydrogen-bond donors (Lipinski definition) is 1. The second-order valence-corrected chi connectivity index (χ2v) is 5.43. The largest absolute Gasteiger partial charge is 0.324 e. The van der Waals surface area contributed by atoms with Gasteiger partial charge < -0.3 is 5.73 Å². The van der Waals surface area contributed by atoms with E-state index >= 15 is 0 Å². The summed E-state index contributed by atoms with van der Waals surface area (Å²) >= 11 is 6.18. The SMILES string of the molecule is Cc1ccc(C(C)(C)C2(N)CC2)c(Cl)n1. The van der Waals surface area contributed by atoms with E-state index in [0.717, 1.165) is 24.1 Å². The fourth-order valence-electron chi connectivity index (χ4n) is 2.02. The molecule has 0 aliphatic heterocycles. The van der Waals surface area contributed by atoms with Gasteiger partial charge in [0.2, 0.25) is 0 Å². The summed E-state index contributed by atoms with van der Waals surface area (Å²) in [5.74, 6) is 0. The third kappa shape index (κ3) is 1.66. The monoisotopic (exact) mass is 224 g/mol. The first-order valence-electron chi connectivity index (χ1n) is 5.29. The molecule has 1 heterocycles. The third-order valence-electron chi connectivity index (χ3n) is 3.69. The van der Waals surface area contributed by atoms with Crippen LogP contribution >= 0.6 is 11.6 Å². The van der Waals surface area contributed by atoms with Crippen molar-refractivity contribution in [2.24, 2.45) is 5.73 Å². The lowest BCUT2D eigenvalue weighted by molar-refractivity contribution is 0.390. The highest BCUT2D eigenvalue weighted by molar-refractivity contribution is 6.30. The minimum atomic E-state index is -0.0925. The zero-order valence-electron chi connectivity index (χ0n) is 9.47. The van der Waals surface area contributed by atoms with Gasteiger partial charge in [-0.25, -0.2) is 4.98 Å². The van der Waals surface area contributed by atoms with Gasteiger partial charge in [0.05, 0.1) is 0 Å². The minimum absolute atomic E-state index is 0.0897. The molecule has 2 rings (SSSR count). The van der Waals surface area contributed by atoms with Crippen molar-refractivity contribution >= 4 is 11.6 Å². The van der Waals surface area contributed by atoms with E-state index in [9.17, 15) is 0 Å². The number of aryl methyl sites for hydroxylation is 1. The Balaban J connectivity index is 2.45. The first-order chi connectivity index (χ1) is 6.87. The number of nitrogens with zero attached hydrogens (tertiary/aromatic N) is 1. The van der Waals surface area contributed by atoms with Gasteiger partial charge in [0.25, 0.3) is 0 Å². The van der Waals surface area contributed by atoms with Gasteiger partial charge in [-0.15, -0.1) is 0 Å². The van der Waals surface area contributed by atoms with Crippen LogP contribution in [0, 0.1) is 6.92 Å². The van der Waals surface area contributed by atoms with Crippen LogP contribution in [-0.2, 0) is 5.41 Å². The maximum absolute atomic E-state index is 6.28. The number of rotatable bonds is 2. The summed E-state index contributed by atoms with van der Waals surface area (Å²) < 4.78 is 0. The Labute approximate surface area is 95.8 Å². The summed E-state index contributed by atoms with van der Waals surface area (Å²) in [7, 11) is 0. The van der Waals surface area contributed by atoms with Crippen molar-refractivity contribution in [2.75, 3.05) is 0 Å². The molecular weight excluding hydrogens is 208 g/mol. The Hall–Kier alpha value is -0.600. The van der Waals surface area contributed by atoms with Gasteiger partial charge in [-0.2, -0.15) is 0 Å². The zero-order valence-corrected chi connectivity index (χ0v) is 10.2. The Morgan fingerprint density at radius 1 is 1.40 bits per heavy atom. The van der Waals surface area contributed by atoms with Gasteiger partial charge in [0.15, 0.2) is 0 Å². The van der Waals surface area contributed by atoms with Crippen LogP contribution in [0.25, 0.3) is 0 Å². The van der Waals surface area contributed by atoms with Gasteiger partial charge in [-0.1, -0.05) is 31.5 Å². The first kappa shape index (κ1) is 10.9. The lowest BCUT2D eigenvalue weighted by atomic mass is 9.76. The summed E-state index contributed by atoms with van der Waals surface area (Å²) in [6.07, 6.45) is 2.15. The number of halogens is 1. The van der Waals surface area contributed by atoms with Gasteiger partial charge >= 0.3 is 0 Å². The maximum Gasteiger partial charge on any atom is 0.133 e. The van der Waals surface area contributed by atoms with E-state index in [-0.39, 0.29) is 11.0 Å². The number of pyridine rings is 1. The quantitative estimate of drug-likeness (QED) is 0.785. The Morgan fingerprint density at radius 2 is 2.00 bits per heavy atom. The second-order valence-electron chi connectivity index (χ2n) is 5.07. The molecule has 1 saturated carbocycles. The number of nitrogens with two attached hydrogens (primary N) is 1.